The van der Waals surface area contributed by atoms with Gasteiger partial charge in [0.2, 0.25) is 0 Å². The van der Waals surface area contributed by atoms with Crippen molar-refractivity contribution in [1.82, 2.24) is 10.2 Å². The van der Waals surface area contributed by atoms with Gasteiger partial charge in [-0.2, -0.15) is 0 Å². The number of phenols is 1. The maximum Gasteiger partial charge on any atom is 0.189 e. The normalized spacial score (nSPS) is 21.7. The number of Topliss-reactive ketones (excluding diaryl/α,β-unsaturated/α-hetero) is 2. The van der Waals surface area contributed by atoms with E-state index < -0.39 is 22.8 Å². The highest BCUT2D eigenvalue weighted by molar-refractivity contribution is 6.16. The number of unbranched alkanes of at least 4 members (excludes halogenated alkanes) is 1. The largest absolute Gasteiger partial charge is 0.508 e. The Morgan fingerprint density at radius 2 is 1.90 bits per heavy atom. The molecule has 2 aromatic rings. The van der Waals surface area contributed by atoms with Crippen LogP contribution in [-0.2, 0) is 4.79 Å². The number of benzene rings is 2. The summed E-state index contributed by atoms with van der Waals surface area (Å²) in [6.07, 6.45) is 4.95. The lowest BCUT2D eigenvalue weighted by molar-refractivity contribution is -0.131. The van der Waals surface area contributed by atoms with Crippen molar-refractivity contribution >= 4 is 17.1 Å². The zero-order chi connectivity index (χ0) is 28.2. The first kappa shape index (κ1) is 28.8. The molecule has 2 N–H and O–H groups in total. The van der Waals surface area contributed by atoms with E-state index in [9.17, 15) is 19.1 Å². The number of rotatable bonds is 10. The van der Waals surface area contributed by atoms with Crippen molar-refractivity contribution in [3.63, 3.8) is 0 Å². The van der Waals surface area contributed by atoms with Crippen LogP contribution in [0.4, 0.5) is 8.78 Å². The third-order valence-electron chi connectivity index (χ3n) is 7.99. The van der Waals surface area contributed by atoms with E-state index >= 15 is 4.39 Å². The SMILES string of the molecule is Cc1c(F)cccc1C1=C(C(=O)c2cccc(O)c2)CC(CCCCN(C)C)(C(=O)C2CCCNC2)C=C1F. The fourth-order valence-corrected chi connectivity index (χ4v) is 5.89. The van der Waals surface area contributed by atoms with E-state index in [-0.39, 0.29) is 46.1 Å². The van der Waals surface area contributed by atoms with Gasteiger partial charge in [-0.25, -0.2) is 8.78 Å². The van der Waals surface area contributed by atoms with Crippen LogP contribution in [0.2, 0.25) is 0 Å². The number of nitrogens with zero attached hydrogens (tertiary/aromatic N) is 1. The second kappa shape index (κ2) is 12.3. The molecule has 0 spiro atoms. The number of carbonyl (C=O) groups excluding carboxylic acids is 2. The van der Waals surface area contributed by atoms with E-state index in [1.807, 2.05) is 14.1 Å². The van der Waals surface area contributed by atoms with Crippen molar-refractivity contribution in [2.45, 2.75) is 45.4 Å². The molecule has 39 heavy (non-hydrogen) atoms. The molecule has 0 radical (unpaired) electrons. The number of nitrogens with one attached hydrogen (secondary N) is 1. The zero-order valence-electron chi connectivity index (χ0n) is 23.0. The van der Waals surface area contributed by atoms with E-state index in [1.54, 1.807) is 25.1 Å². The van der Waals surface area contributed by atoms with Crippen LogP contribution in [0.5, 0.6) is 5.75 Å². The summed E-state index contributed by atoms with van der Waals surface area (Å²) in [5.74, 6) is -2.06. The van der Waals surface area contributed by atoms with Gasteiger partial charge in [0.1, 0.15) is 23.2 Å². The summed E-state index contributed by atoms with van der Waals surface area (Å²) in [6.45, 7) is 3.76. The van der Waals surface area contributed by atoms with E-state index in [0.29, 0.717) is 24.9 Å². The van der Waals surface area contributed by atoms with E-state index in [2.05, 4.69) is 10.2 Å². The Bertz CT molecular complexity index is 1290. The molecule has 0 amide bonds. The van der Waals surface area contributed by atoms with Crippen LogP contribution in [0.25, 0.3) is 5.57 Å². The van der Waals surface area contributed by atoms with E-state index in [0.717, 1.165) is 32.4 Å². The van der Waals surface area contributed by atoms with Crippen molar-refractivity contribution in [3.8, 4) is 5.75 Å². The fourth-order valence-electron chi connectivity index (χ4n) is 5.89. The molecule has 1 aliphatic heterocycles. The van der Waals surface area contributed by atoms with Crippen molar-refractivity contribution in [1.29, 1.82) is 0 Å². The van der Waals surface area contributed by atoms with Crippen LogP contribution in [0.1, 0.15) is 60.0 Å². The number of phenolic OH excluding ortho intramolecular Hbond substituents is 1. The molecule has 4 rings (SSSR count). The molecule has 2 atom stereocenters. The van der Waals surface area contributed by atoms with Gasteiger partial charge in [0.25, 0.3) is 0 Å². The third-order valence-corrected chi connectivity index (χ3v) is 7.99. The summed E-state index contributed by atoms with van der Waals surface area (Å²) in [5, 5.41) is 13.3. The molecular formula is C32H38F2N2O3. The highest BCUT2D eigenvalue weighted by Crippen LogP contribution is 2.49. The molecule has 208 valence electrons. The predicted molar refractivity (Wildman–Crippen MR) is 150 cm³/mol. The Labute approximate surface area is 229 Å². The van der Waals surface area contributed by atoms with Crippen molar-refractivity contribution < 1.29 is 23.5 Å². The number of piperidine rings is 1. The summed E-state index contributed by atoms with van der Waals surface area (Å²) in [5.41, 5.74) is -0.303. The predicted octanol–water partition coefficient (Wildman–Crippen LogP) is 6.02. The Morgan fingerprint density at radius 3 is 2.59 bits per heavy atom. The molecule has 2 unspecified atom stereocenters. The van der Waals surface area contributed by atoms with Gasteiger partial charge < -0.3 is 15.3 Å². The van der Waals surface area contributed by atoms with Crippen LogP contribution in [0, 0.1) is 24.1 Å². The number of allylic oxidation sites excluding steroid dienone is 4. The van der Waals surface area contributed by atoms with Gasteiger partial charge in [-0.3, -0.25) is 9.59 Å². The van der Waals surface area contributed by atoms with E-state index in [1.165, 1.54) is 30.3 Å². The monoisotopic (exact) mass is 536 g/mol. The topological polar surface area (TPSA) is 69.6 Å². The smallest absolute Gasteiger partial charge is 0.189 e. The van der Waals surface area contributed by atoms with Crippen LogP contribution in [0.3, 0.4) is 0 Å². The molecule has 0 bridgehead atoms. The quantitative estimate of drug-likeness (QED) is 0.287. The Kier molecular flexibility index (Phi) is 9.13. The van der Waals surface area contributed by atoms with Crippen molar-refractivity contribution in [2.24, 2.45) is 11.3 Å². The molecule has 1 aliphatic carbocycles. The van der Waals surface area contributed by atoms with Gasteiger partial charge in [-0.05, 0) is 102 Å². The minimum absolute atomic E-state index is 0.0253. The van der Waals surface area contributed by atoms with Crippen LogP contribution in [0.15, 0.2) is 59.9 Å². The van der Waals surface area contributed by atoms with Gasteiger partial charge in [0.15, 0.2) is 5.78 Å². The molecule has 0 saturated carbocycles. The molecule has 2 aliphatic rings. The number of hydrogen-bond acceptors (Lipinski definition) is 5. The average Bonchev–Trinajstić information content (AvgIpc) is 2.92. The number of carbonyl (C=O) groups is 2. The standard InChI is InChI=1S/C32H38F2N2O3/c1-21-25(12-7-13-27(21)33)29-26(30(38)22-9-6-11-24(37)17-22)18-32(19-28(29)34,14-4-5-16-36(2)3)31(39)23-10-8-15-35-20-23/h6-7,9,11-13,17,19,23,35,37H,4-5,8,10,14-16,18,20H2,1-3H3. The molecule has 5 nitrogen and oxygen atoms in total. The molecular weight excluding hydrogens is 498 g/mol. The maximum atomic E-state index is 16.4. The molecule has 1 saturated heterocycles. The van der Waals surface area contributed by atoms with Crippen LogP contribution >= 0.6 is 0 Å². The van der Waals surface area contributed by atoms with E-state index in [4.69, 9.17) is 0 Å². The molecule has 1 heterocycles. The Balaban J connectivity index is 1.85. The third kappa shape index (κ3) is 6.36. The minimum Gasteiger partial charge on any atom is -0.508 e. The molecule has 2 aromatic carbocycles. The maximum absolute atomic E-state index is 16.4. The van der Waals surface area contributed by atoms with Crippen LogP contribution in [-0.4, -0.2) is 55.3 Å². The summed E-state index contributed by atoms with van der Waals surface area (Å²) < 4.78 is 31.0. The van der Waals surface area contributed by atoms with Crippen molar-refractivity contribution in [2.75, 3.05) is 33.7 Å². The van der Waals surface area contributed by atoms with Crippen LogP contribution < -0.4 is 5.32 Å². The molecule has 0 aromatic heterocycles. The summed E-state index contributed by atoms with van der Waals surface area (Å²) in [4.78, 5) is 30.2. The highest BCUT2D eigenvalue weighted by Gasteiger charge is 2.45. The Morgan fingerprint density at radius 1 is 1.13 bits per heavy atom. The minimum atomic E-state index is -1.19. The highest BCUT2D eigenvalue weighted by atomic mass is 19.1. The van der Waals surface area contributed by atoms with Crippen molar-refractivity contribution in [3.05, 3.63) is 82.4 Å². The fraction of sp³-hybridized carbons (Fsp3) is 0.438. The summed E-state index contributed by atoms with van der Waals surface area (Å²) in [6, 6.07) is 10.3. The zero-order valence-corrected chi connectivity index (χ0v) is 23.0. The van der Waals surface area contributed by atoms with Gasteiger partial charge in [-0.1, -0.05) is 30.7 Å². The first-order valence-electron chi connectivity index (χ1n) is 13.7. The summed E-state index contributed by atoms with van der Waals surface area (Å²) >= 11 is 0. The number of aromatic hydroxyl groups is 1. The second-order valence-electron chi connectivity index (χ2n) is 11.1. The number of ketones is 2. The lowest BCUT2D eigenvalue weighted by Gasteiger charge is -2.38. The molecule has 7 heteroatoms. The van der Waals surface area contributed by atoms with Gasteiger partial charge >= 0.3 is 0 Å². The first-order valence-corrected chi connectivity index (χ1v) is 13.7. The van der Waals surface area contributed by atoms with Gasteiger partial charge in [-0.15, -0.1) is 0 Å². The molecule has 1 fully saturated rings. The Hall–Kier alpha value is -3.16. The summed E-state index contributed by atoms with van der Waals surface area (Å²) in [7, 11) is 3.97. The average molecular weight is 537 g/mol. The number of hydrogen-bond donors (Lipinski definition) is 2. The lowest BCUT2D eigenvalue weighted by Crippen LogP contribution is -2.43. The van der Waals surface area contributed by atoms with Gasteiger partial charge in [0, 0.05) is 29.2 Å². The van der Waals surface area contributed by atoms with Gasteiger partial charge in [0.05, 0.1) is 5.41 Å². The number of halogens is 2. The second-order valence-corrected chi connectivity index (χ2v) is 11.1. The first-order chi connectivity index (χ1) is 18.6. The lowest BCUT2D eigenvalue weighted by atomic mass is 9.64.